The fourth-order valence-electron chi connectivity index (χ4n) is 2.24. The molecule has 1 amide bonds. The van der Waals surface area contributed by atoms with Gasteiger partial charge in [-0.05, 0) is 31.0 Å². The van der Waals surface area contributed by atoms with Gasteiger partial charge in [0.15, 0.2) is 0 Å². The molecule has 0 radical (unpaired) electrons. The lowest BCUT2D eigenvalue weighted by atomic mass is 9.95. The summed E-state index contributed by atoms with van der Waals surface area (Å²) in [4.78, 5) is 12.2. The van der Waals surface area contributed by atoms with Crippen molar-refractivity contribution in [3.05, 3.63) is 28.2 Å². The van der Waals surface area contributed by atoms with Gasteiger partial charge < -0.3 is 5.32 Å². The van der Waals surface area contributed by atoms with E-state index in [9.17, 15) is 13.2 Å². The van der Waals surface area contributed by atoms with E-state index in [1.807, 2.05) is 6.92 Å². The number of hydrogen-bond acceptors (Lipinski definition) is 3. The van der Waals surface area contributed by atoms with Crippen LogP contribution in [0.2, 0.25) is 0 Å². The van der Waals surface area contributed by atoms with Crippen LogP contribution in [-0.2, 0) is 9.05 Å². The van der Waals surface area contributed by atoms with Crippen molar-refractivity contribution in [2.24, 2.45) is 5.92 Å². The molecule has 0 aliphatic heterocycles. The van der Waals surface area contributed by atoms with Crippen LogP contribution in [-0.4, -0.2) is 20.4 Å². The lowest BCUT2D eigenvalue weighted by molar-refractivity contribution is 0.0925. The monoisotopic (exact) mass is 395 g/mol. The van der Waals surface area contributed by atoms with Crippen LogP contribution in [0.3, 0.4) is 0 Å². The van der Waals surface area contributed by atoms with E-state index in [-0.39, 0.29) is 22.4 Å². The first-order valence-corrected chi connectivity index (χ1v) is 9.85. The lowest BCUT2D eigenvalue weighted by Crippen LogP contribution is -2.37. The summed E-state index contributed by atoms with van der Waals surface area (Å²) in [7, 11) is 1.45. The Labute approximate surface area is 138 Å². The van der Waals surface area contributed by atoms with Gasteiger partial charge >= 0.3 is 0 Å². The largest absolute Gasteiger partial charge is 0.349 e. The van der Waals surface area contributed by atoms with Gasteiger partial charge in [-0.15, -0.1) is 0 Å². The van der Waals surface area contributed by atoms with Gasteiger partial charge in [-0.1, -0.05) is 42.6 Å². The van der Waals surface area contributed by atoms with Crippen molar-refractivity contribution in [1.82, 2.24) is 5.32 Å². The molecule has 0 aliphatic rings. The second-order valence-corrected chi connectivity index (χ2v) is 8.43. The summed E-state index contributed by atoms with van der Waals surface area (Å²) in [5.41, 5.74) is 0.265. The highest BCUT2D eigenvalue weighted by Crippen LogP contribution is 2.23. The van der Waals surface area contributed by atoms with Crippen molar-refractivity contribution >= 4 is 41.6 Å². The molecule has 1 atom stereocenters. The fraction of sp³-hybridized carbons (Fsp3) is 0.500. The number of carbonyl (C=O) groups is 1. The van der Waals surface area contributed by atoms with Crippen molar-refractivity contribution in [2.45, 2.75) is 44.6 Å². The summed E-state index contributed by atoms with van der Waals surface area (Å²) < 4.78 is 23.3. The van der Waals surface area contributed by atoms with Crippen molar-refractivity contribution in [3.8, 4) is 0 Å². The predicted molar refractivity (Wildman–Crippen MR) is 88.2 cm³/mol. The summed E-state index contributed by atoms with van der Waals surface area (Å²) in [6.07, 6.45) is 1.94. The quantitative estimate of drug-likeness (QED) is 0.741. The summed E-state index contributed by atoms with van der Waals surface area (Å²) in [6, 6.07) is 4.23. The molecule has 0 saturated carbocycles. The minimum Gasteiger partial charge on any atom is -0.349 e. The number of nitrogens with one attached hydrogen (secondary N) is 1. The van der Waals surface area contributed by atoms with E-state index in [4.69, 9.17) is 10.7 Å². The van der Waals surface area contributed by atoms with E-state index in [0.29, 0.717) is 10.4 Å². The molecule has 0 saturated heterocycles. The Morgan fingerprint density at radius 2 is 1.86 bits per heavy atom. The van der Waals surface area contributed by atoms with Crippen LogP contribution >= 0.6 is 26.6 Å². The van der Waals surface area contributed by atoms with Gasteiger partial charge in [0.2, 0.25) is 0 Å². The number of hydrogen-bond donors (Lipinski definition) is 1. The molecule has 1 aromatic rings. The molecule has 0 spiro atoms. The smallest absolute Gasteiger partial charge is 0.261 e. The van der Waals surface area contributed by atoms with Gasteiger partial charge in [0, 0.05) is 26.8 Å². The maximum Gasteiger partial charge on any atom is 0.261 e. The average molecular weight is 397 g/mol. The van der Waals surface area contributed by atoms with Crippen molar-refractivity contribution in [2.75, 3.05) is 0 Å². The van der Waals surface area contributed by atoms with E-state index in [2.05, 4.69) is 35.1 Å². The van der Waals surface area contributed by atoms with E-state index in [0.717, 1.165) is 12.8 Å². The maximum absolute atomic E-state index is 12.3. The molecule has 0 fully saturated rings. The topological polar surface area (TPSA) is 63.2 Å². The number of amides is 1. The van der Waals surface area contributed by atoms with Gasteiger partial charge in [0.25, 0.3) is 15.0 Å². The molecule has 0 bridgehead atoms. The van der Waals surface area contributed by atoms with Crippen molar-refractivity contribution in [3.63, 3.8) is 0 Å². The molecule has 1 aromatic carbocycles. The summed E-state index contributed by atoms with van der Waals surface area (Å²) >= 11 is 3.19. The SMILES string of the molecule is CCC(CC)C(C)NC(=O)c1cc(Br)cc(S(=O)(=O)Cl)c1. The highest BCUT2D eigenvalue weighted by atomic mass is 79.9. The second-order valence-electron chi connectivity index (χ2n) is 4.95. The Kier molecular flexibility index (Phi) is 6.69. The zero-order chi connectivity index (χ0) is 16.2. The molecule has 1 rings (SSSR count). The van der Waals surface area contributed by atoms with E-state index < -0.39 is 9.05 Å². The Hall–Kier alpha value is -0.590. The highest BCUT2D eigenvalue weighted by molar-refractivity contribution is 9.10. The summed E-state index contributed by atoms with van der Waals surface area (Å²) in [5.74, 6) is 0.0783. The second kappa shape index (κ2) is 7.61. The minimum absolute atomic E-state index is 0.0162. The van der Waals surface area contributed by atoms with Crippen molar-refractivity contribution < 1.29 is 13.2 Å². The molecule has 1 unspecified atom stereocenters. The predicted octanol–water partition coefficient (Wildman–Crippen LogP) is 3.93. The molecular formula is C14H19BrClNO3S. The number of rotatable bonds is 6. The van der Waals surface area contributed by atoms with Crippen molar-refractivity contribution in [1.29, 1.82) is 0 Å². The highest BCUT2D eigenvalue weighted by Gasteiger charge is 2.19. The van der Waals surface area contributed by atoms with Crippen LogP contribution in [0.1, 0.15) is 44.0 Å². The van der Waals surface area contributed by atoms with E-state index in [1.165, 1.54) is 12.1 Å². The molecule has 7 heteroatoms. The van der Waals surface area contributed by atoms with Crippen LogP contribution in [0, 0.1) is 5.92 Å². The first-order valence-electron chi connectivity index (χ1n) is 6.75. The molecule has 0 aromatic heterocycles. The summed E-state index contributed by atoms with van der Waals surface area (Å²) in [6.45, 7) is 6.11. The minimum atomic E-state index is -3.87. The van der Waals surface area contributed by atoms with Crippen LogP contribution in [0.5, 0.6) is 0 Å². The van der Waals surface area contributed by atoms with E-state index >= 15 is 0 Å². The zero-order valence-electron chi connectivity index (χ0n) is 12.2. The fourth-order valence-corrected chi connectivity index (χ4v) is 3.69. The number of carbonyl (C=O) groups excluding carboxylic acids is 1. The van der Waals surface area contributed by atoms with Crippen LogP contribution in [0.25, 0.3) is 0 Å². The molecule has 0 heterocycles. The van der Waals surface area contributed by atoms with Crippen LogP contribution in [0.4, 0.5) is 0 Å². The normalized spacial score (nSPS) is 13.2. The maximum atomic E-state index is 12.3. The average Bonchev–Trinajstić information content (AvgIpc) is 2.38. The molecule has 0 aliphatic carbocycles. The third-order valence-corrected chi connectivity index (χ3v) is 5.32. The lowest BCUT2D eigenvalue weighted by Gasteiger charge is -2.22. The third kappa shape index (κ3) is 5.27. The molecule has 118 valence electrons. The standard InChI is InChI=1S/C14H19BrClNO3S/c1-4-10(5-2)9(3)17-14(18)11-6-12(15)8-13(7-11)21(16,19)20/h6-10H,4-5H2,1-3H3,(H,17,18). The van der Waals surface area contributed by atoms with Gasteiger partial charge in [0.1, 0.15) is 0 Å². The molecular weight excluding hydrogens is 378 g/mol. The van der Waals surface area contributed by atoms with Gasteiger partial charge in [-0.25, -0.2) is 8.42 Å². The summed E-state index contributed by atoms with van der Waals surface area (Å²) in [5, 5.41) is 2.91. The first-order chi connectivity index (χ1) is 9.68. The Morgan fingerprint density at radius 1 is 1.29 bits per heavy atom. The third-order valence-electron chi connectivity index (χ3n) is 3.53. The van der Waals surface area contributed by atoms with Gasteiger partial charge in [-0.2, -0.15) is 0 Å². The molecule has 21 heavy (non-hydrogen) atoms. The first kappa shape index (κ1) is 18.5. The van der Waals surface area contributed by atoms with Gasteiger partial charge in [-0.3, -0.25) is 4.79 Å². The Morgan fingerprint density at radius 3 is 2.33 bits per heavy atom. The van der Waals surface area contributed by atoms with Crippen LogP contribution < -0.4 is 5.32 Å². The molecule has 4 nitrogen and oxygen atoms in total. The van der Waals surface area contributed by atoms with E-state index in [1.54, 1.807) is 6.07 Å². The number of benzene rings is 1. The number of halogens is 2. The Bertz CT molecular complexity index is 615. The molecule has 1 N–H and O–H groups in total. The van der Waals surface area contributed by atoms with Gasteiger partial charge in [0.05, 0.1) is 4.90 Å². The van der Waals surface area contributed by atoms with Crippen LogP contribution in [0.15, 0.2) is 27.6 Å². The Balaban J connectivity index is 3.01. The zero-order valence-corrected chi connectivity index (χ0v) is 15.3.